The highest BCUT2D eigenvalue weighted by atomic mass is 16.1. The minimum absolute atomic E-state index is 0.0321. The molecular weight excluding hydrogens is 250 g/mol. The summed E-state index contributed by atoms with van der Waals surface area (Å²) >= 11 is 0. The van der Waals surface area contributed by atoms with Gasteiger partial charge in [0.1, 0.15) is 0 Å². The molecule has 0 aliphatic carbocycles. The van der Waals surface area contributed by atoms with Crippen LogP contribution in [0.1, 0.15) is 38.3 Å². The molecule has 0 bridgehead atoms. The highest BCUT2D eigenvalue weighted by Gasteiger charge is 2.21. The molecule has 1 aliphatic rings. The van der Waals surface area contributed by atoms with E-state index in [2.05, 4.69) is 35.6 Å². The number of carbonyl (C=O) groups excluding carboxylic acids is 1. The molecule has 1 aromatic carbocycles. The van der Waals surface area contributed by atoms with Gasteiger partial charge >= 0.3 is 0 Å². The Labute approximate surface area is 121 Å². The van der Waals surface area contributed by atoms with E-state index in [0.29, 0.717) is 6.04 Å². The summed E-state index contributed by atoms with van der Waals surface area (Å²) in [5.41, 5.74) is 2.07. The average Bonchev–Trinajstić information content (AvgIpc) is 2.81. The molecule has 2 unspecified atom stereocenters. The zero-order chi connectivity index (χ0) is 14.5. The van der Waals surface area contributed by atoms with Crippen molar-refractivity contribution in [2.45, 2.75) is 38.8 Å². The second-order valence-electron chi connectivity index (χ2n) is 5.71. The molecule has 0 spiro atoms. The third-order valence-electron chi connectivity index (χ3n) is 4.04. The van der Waals surface area contributed by atoms with Crippen LogP contribution in [0.25, 0.3) is 0 Å². The number of benzene rings is 1. The summed E-state index contributed by atoms with van der Waals surface area (Å²) < 4.78 is 0. The van der Waals surface area contributed by atoms with Crippen LogP contribution in [-0.2, 0) is 4.79 Å². The van der Waals surface area contributed by atoms with Crippen molar-refractivity contribution in [2.24, 2.45) is 0 Å². The van der Waals surface area contributed by atoms with Crippen LogP contribution >= 0.6 is 0 Å². The molecule has 0 aromatic heterocycles. The Bertz CT molecular complexity index is 461. The first kappa shape index (κ1) is 15.0. The Morgan fingerprint density at radius 2 is 2.30 bits per heavy atom. The molecule has 1 aliphatic heterocycles. The topological polar surface area (TPSA) is 44.4 Å². The molecule has 110 valence electrons. The van der Waals surface area contributed by atoms with Crippen LogP contribution in [0.5, 0.6) is 0 Å². The molecule has 4 nitrogen and oxygen atoms in total. The van der Waals surface area contributed by atoms with Crippen LogP contribution in [0.4, 0.5) is 5.69 Å². The Balaban J connectivity index is 1.91. The van der Waals surface area contributed by atoms with Crippen molar-refractivity contribution in [1.29, 1.82) is 0 Å². The Kier molecular flexibility index (Phi) is 5.15. The molecule has 1 aromatic rings. The number of hydrogen-bond donors (Lipinski definition) is 2. The quantitative estimate of drug-likeness (QED) is 0.867. The van der Waals surface area contributed by atoms with E-state index in [4.69, 9.17) is 0 Å². The lowest BCUT2D eigenvalue weighted by Gasteiger charge is -2.23. The molecule has 2 N–H and O–H groups in total. The summed E-state index contributed by atoms with van der Waals surface area (Å²) in [6.45, 7) is 5.92. The van der Waals surface area contributed by atoms with Crippen LogP contribution in [0.15, 0.2) is 24.3 Å². The number of rotatable bonds is 5. The van der Waals surface area contributed by atoms with E-state index in [1.165, 1.54) is 31.9 Å². The third kappa shape index (κ3) is 4.05. The molecular formula is C16H25N3O. The Hall–Kier alpha value is -1.39. The summed E-state index contributed by atoms with van der Waals surface area (Å²) in [7, 11) is 2.20. The standard InChI is InChI=1S/C16H25N3O/c1-12(17-11-16-8-5-9-19(16)3)14-6-4-7-15(10-14)18-13(2)20/h4,6-7,10,12,16-17H,5,8-9,11H2,1-3H3,(H,18,20). The van der Waals surface area contributed by atoms with Crippen molar-refractivity contribution in [2.75, 3.05) is 25.5 Å². The largest absolute Gasteiger partial charge is 0.326 e. The van der Waals surface area contributed by atoms with Crippen molar-refractivity contribution in [3.8, 4) is 0 Å². The van der Waals surface area contributed by atoms with E-state index in [1.54, 1.807) is 0 Å². The summed E-state index contributed by atoms with van der Waals surface area (Å²) in [5.74, 6) is -0.0321. The van der Waals surface area contributed by atoms with E-state index in [0.717, 1.165) is 12.2 Å². The SMILES string of the molecule is CC(=O)Nc1cccc(C(C)NCC2CCCN2C)c1. The molecule has 0 radical (unpaired) electrons. The van der Waals surface area contributed by atoms with Gasteiger partial charge in [0, 0.05) is 31.2 Å². The summed E-state index contributed by atoms with van der Waals surface area (Å²) in [5, 5.41) is 6.43. The number of carbonyl (C=O) groups is 1. The van der Waals surface area contributed by atoms with Gasteiger partial charge in [-0.05, 0) is 51.1 Å². The van der Waals surface area contributed by atoms with Gasteiger partial charge in [0.25, 0.3) is 0 Å². The van der Waals surface area contributed by atoms with Gasteiger partial charge in [-0.2, -0.15) is 0 Å². The highest BCUT2D eigenvalue weighted by molar-refractivity contribution is 5.88. The molecule has 0 saturated carbocycles. The lowest BCUT2D eigenvalue weighted by molar-refractivity contribution is -0.114. The average molecular weight is 275 g/mol. The number of nitrogens with one attached hydrogen (secondary N) is 2. The molecule has 2 rings (SSSR count). The van der Waals surface area contributed by atoms with Gasteiger partial charge in [-0.3, -0.25) is 4.79 Å². The van der Waals surface area contributed by atoms with Crippen LogP contribution in [0.3, 0.4) is 0 Å². The maximum atomic E-state index is 11.1. The minimum atomic E-state index is -0.0321. The van der Waals surface area contributed by atoms with Crippen LogP contribution in [0, 0.1) is 0 Å². The second kappa shape index (κ2) is 6.86. The number of nitrogens with zero attached hydrogens (tertiary/aromatic N) is 1. The number of anilines is 1. The lowest BCUT2D eigenvalue weighted by Crippen LogP contribution is -2.36. The van der Waals surface area contributed by atoms with E-state index >= 15 is 0 Å². The van der Waals surface area contributed by atoms with E-state index in [-0.39, 0.29) is 11.9 Å². The van der Waals surface area contributed by atoms with Crippen molar-refractivity contribution in [1.82, 2.24) is 10.2 Å². The van der Waals surface area contributed by atoms with E-state index < -0.39 is 0 Å². The second-order valence-corrected chi connectivity index (χ2v) is 5.71. The maximum Gasteiger partial charge on any atom is 0.221 e. The van der Waals surface area contributed by atoms with Crippen molar-refractivity contribution in [3.05, 3.63) is 29.8 Å². The highest BCUT2D eigenvalue weighted by Crippen LogP contribution is 2.19. The number of likely N-dealkylation sites (N-methyl/N-ethyl adjacent to an activating group) is 1. The Morgan fingerprint density at radius 3 is 2.95 bits per heavy atom. The zero-order valence-electron chi connectivity index (χ0n) is 12.6. The van der Waals surface area contributed by atoms with Gasteiger partial charge in [-0.25, -0.2) is 0 Å². The normalized spacial score (nSPS) is 20.9. The predicted octanol–water partition coefficient (Wildman–Crippen LogP) is 2.39. The first-order chi connectivity index (χ1) is 9.56. The molecule has 1 fully saturated rings. The minimum Gasteiger partial charge on any atom is -0.326 e. The molecule has 1 saturated heterocycles. The summed E-state index contributed by atoms with van der Waals surface area (Å²) in [6.07, 6.45) is 2.58. The fourth-order valence-corrected chi connectivity index (χ4v) is 2.76. The summed E-state index contributed by atoms with van der Waals surface area (Å²) in [4.78, 5) is 13.5. The number of likely N-dealkylation sites (tertiary alicyclic amines) is 1. The van der Waals surface area contributed by atoms with Gasteiger partial charge in [-0.1, -0.05) is 12.1 Å². The molecule has 1 amide bonds. The molecule has 4 heteroatoms. The van der Waals surface area contributed by atoms with Gasteiger partial charge in [-0.15, -0.1) is 0 Å². The first-order valence-electron chi connectivity index (χ1n) is 7.37. The number of hydrogen-bond acceptors (Lipinski definition) is 3. The first-order valence-corrected chi connectivity index (χ1v) is 7.37. The van der Waals surface area contributed by atoms with Gasteiger partial charge < -0.3 is 15.5 Å². The molecule has 2 atom stereocenters. The van der Waals surface area contributed by atoms with Crippen LogP contribution in [0.2, 0.25) is 0 Å². The van der Waals surface area contributed by atoms with Gasteiger partial charge in [0.05, 0.1) is 0 Å². The fourth-order valence-electron chi connectivity index (χ4n) is 2.76. The number of amides is 1. The third-order valence-corrected chi connectivity index (χ3v) is 4.04. The monoisotopic (exact) mass is 275 g/mol. The predicted molar refractivity (Wildman–Crippen MR) is 82.8 cm³/mol. The van der Waals surface area contributed by atoms with Gasteiger partial charge in [0.2, 0.25) is 5.91 Å². The summed E-state index contributed by atoms with van der Waals surface area (Å²) in [6, 6.07) is 8.98. The Morgan fingerprint density at radius 1 is 1.50 bits per heavy atom. The maximum absolute atomic E-state index is 11.1. The fraction of sp³-hybridized carbons (Fsp3) is 0.562. The van der Waals surface area contributed by atoms with Crippen LogP contribution < -0.4 is 10.6 Å². The van der Waals surface area contributed by atoms with Crippen molar-refractivity contribution < 1.29 is 4.79 Å². The van der Waals surface area contributed by atoms with Crippen molar-refractivity contribution >= 4 is 11.6 Å². The van der Waals surface area contributed by atoms with Crippen molar-refractivity contribution in [3.63, 3.8) is 0 Å². The van der Waals surface area contributed by atoms with Crippen LogP contribution in [-0.4, -0.2) is 37.0 Å². The molecule has 20 heavy (non-hydrogen) atoms. The van der Waals surface area contributed by atoms with E-state index in [9.17, 15) is 4.79 Å². The lowest BCUT2D eigenvalue weighted by atomic mass is 10.1. The van der Waals surface area contributed by atoms with E-state index in [1.807, 2.05) is 18.2 Å². The zero-order valence-corrected chi connectivity index (χ0v) is 12.6. The van der Waals surface area contributed by atoms with Gasteiger partial charge in [0.15, 0.2) is 0 Å². The smallest absolute Gasteiger partial charge is 0.221 e. The molecule has 1 heterocycles.